The number of aromatic nitrogens is 3. The van der Waals surface area contributed by atoms with Crippen LogP contribution < -0.4 is 10.1 Å². The summed E-state index contributed by atoms with van der Waals surface area (Å²) in [6.45, 7) is 0. The number of nitro benzene ring substituents is 1. The van der Waals surface area contributed by atoms with Crippen LogP contribution in [0.1, 0.15) is 12.0 Å². The molecule has 154 valence electrons. The van der Waals surface area contributed by atoms with E-state index in [1.807, 2.05) is 30.5 Å². The molecule has 0 aliphatic carbocycles. The predicted molar refractivity (Wildman–Crippen MR) is 115 cm³/mol. The number of nitro groups is 1. The van der Waals surface area contributed by atoms with E-state index in [0.29, 0.717) is 33.8 Å². The molecule has 1 aliphatic rings. The zero-order chi connectivity index (χ0) is 21.4. The number of hydrogen-bond acceptors (Lipinski definition) is 9. The molecule has 1 atom stereocenters. The fraction of sp³-hybridized carbons (Fsp3) is 0.0952. The first kappa shape index (κ1) is 19.1. The molecule has 1 N–H and O–H groups in total. The Hall–Kier alpha value is -3.92. The van der Waals surface area contributed by atoms with E-state index in [2.05, 4.69) is 20.5 Å². The summed E-state index contributed by atoms with van der Waals surface area (Å²) >= 11 is 1.36. The molecule has 0 bridgehead atoms. The summed E-state index contributed by atoms with van der Waals surface area (Å²) < 4.78 is 12.1. The second-order valence-corrected chi connectivity index (χ2v) is 7.39. The highest BCUT2D eigenvalue weighted by molar-refractivity contribution is 7.98. The maximum atomic E-state index is 11.4. The standard InChI is InChI=1S/C21H15N5O4S/c1-31-21-23-20-18(24-25-21)12-6-2-4-8-14(12)22-19(30-20)17-11-10-16(29-17)13-7-3-5-9-15(13)26(27)28/h2-11,19,22H,1H3/t19-/m0/s1. The van der Waals surface area contributed by atoms with Crippen LogP contribution in [0.25, 0.3) is 22.6 Å². The van der Waals surface area contributed by atoms with E-state index < -0.39 is 11.2 Å². The summed E-state index contributed by atoms with van der Waals surface area (Å²) in [6.07, 6.45) is 1.14. The maximum absolute atomic E-state index is 11.4. The number of hydrogen-bond donors (Lipinski definition) is 1. The largest absolute Gasteiger partial charge is 0.455 e. The van der Waals surface area contributed by atoms with E-state index >= 15 is 0 Å². The van der Waals surface area contributed by atoms with E-state index in [0.717, 1.165) is 11.3 Å². The van der Waals surface area contributed by atoms with Gasteiger partial charge in [0.05, 0.1) is 10.5 Å². The molecule has 0 radical (unpaired) electrons. The van der Waals surface area contributed by atoms with Crippen LogP contribution in [0, 0.1) is 10.1 Å². The highest BCUT2D eigenvalue weighted by atomic mass is 32.2. The molecule has 0 unspecified atom stereocenters. The van der Waals surface area contributed by atoms with Crippen LogP contribution in [-0.4, -0.2) is 26.4 Å². The average Bonchev–Trinajstić information content (AvgIpc) is 3.23. The topological polar surface area (TPSA) is 116 Å². The van der Waals surface area contributed by atoms with Crippen molar-refractivity contribution in [3.05, 3.63) is 76.5 Å². The first-order valence-corrected chi connectivity index (χ1v) is 10.5. The number of para-hydroxylation sites is 2. The molecule has 0 amide bonds. The van der Waals surface area contributed by atoms with Crippen LogP contribution >= 0.6 is 11.8 Å². The molecule has 9 nitrogen and oxygen atoms in total. The minimum atomic E-state index is -0.717. The van der Waals surface area contributed by atoms with E-state index in [1.54, 1.807) is 30.3 Å². The monoisotopic (exact) mass is 433 g/mol. The Balaban J connectivity index is 1.57. The van der Waals surface area contributed by atoms with E-state index in [1.165, 1.54) is 17.8 Å². The van der Waals surface area contributed by atoms with Gasteiger partial charge in [-0.3, -0.25) is 10.1 Å². The Kier molecular flexibility index (Phi) is 4.75. The zero-order valence-corrected chi connectivity index (χ0v) is 17.0. The highest BCUT2D eigenvalue weighted by Crippen LogP contribution is 2.40. The van der Waals surface area contributed by atoms with Crippen molar-refractivity contribution >= 4 is 23.1 Å². The molecule has 4 aromatic rings. The predicted octanol–water partition coefficient (Wildman–Crippen LogP) is 4.93. The number of fused-ring (bicyclic) bond motifs is 3. The van der Waals surface area contributed by atoms with Crippen molar-refractivity contribution in [2.45, 2.75) is 11.4 Å². The van der Waals surface area contributed by atoms with Gasteiger partial charge in [-0.15, -0.1) is 10.2 Å². The second kappa shape index (κ2) is 7.73. The molecule has 0 saturated carbocycles. The fourth-order valence-corrected chi connectivity index (χ4v) is 3.64. The SMILES string of the molecule is CSc1nnc2c(n1)O[C@@H](c1ccc(-c3ccccc3[N+](=O)[O-])o1)Nc1ccccc1-2. The van der Waals surface area contributed by atoms with Gasteiger partial charge >= 0.3 is 0 Å². The van der Waals surface area contributed by atoms with Crippen molar-refractivity contribution in [1.29, 1.82) is 0 Å². The second-order valence-electron chi connectivity index (χ2n) is 6.62. The number of anilines is 1. The van der Waals surface area contributed by atoms with Gasteiger partial charge in [-0.2, -0.15) is 4.98 Å². The molecule has 2 aromatic carbocycles. The van der Waals surface area contributed by atoms with Gasteiger partial charge in [0.1, 0.15) is 5.76 Å². The van der Waals surface area contributed by atoms with Crippen molar-refractivity contribution in [3.8, 4) is 28.5 Å². The van der Waals surface area contributed by atoms with Gasteiger partial charge in [0, 0.05) is 17.3 Å². The Bertz CT molecular complexity index is 1290. The normalized spacial score (nSPS) is 14.5. The first-order chi connectivity index (χ1) is 15.1. The van der Waals surface area contributed by atoms with Gasteiger partial charge < -0.3 is 14.5 Å². The maximum Gasteiger partial charge on any atom is 0.280 e. The number of nitrogens with zero attached hydrogens (tertiary/aromatic N) is 4. The number of furan rings is 1. The van der Waals surface area contributed by atoms with Crippen LogP contribution in [0.3, 0.4) is 0 Å². The summed E-state index contributed by atoms with van der Waals surface area (Å²) in [7, 11) is 0. The van der Waals surface area contributed by atoms with Gasteiger partial charge in [-0.25, -0.2) is 0 Å². The lowest BCUT2D eigenvalue weighted by Crippen LogP contribution is -2.16. The van der Waals surface area contributed by atoms with Crippen LogP contribution in [0.15, 0.2) is 70.2 Å². The molecular formula is C21H15N5O4S. The van der Waals surface area contributed by atoms with Crippen LogP contribution in [0.5, 0.6) is 5.88 Å². The summed E-state index contributed by atoms with van der Waals surface area (Å²) in [5.74, 6) is 1.14. The molecule has 1 aliphatic heterocycles. The lowest BCUT2D eigenvalue weighted by molar-refractivity contribution is -0.384. The van der Waals surface area contributed by atoms with Gasteiger partial charge in [0.2, 0.25) is 17.3 Å². The van der Waals surface area contributed by atoms with Crippen molar-refractivity contribution in [2.75, 3.05) is 11.6 Å². The summed E-state index contributed by atoms with van der Waals surface area (Å²) in [5.41, 5.74) is 2.46. The molecule has 2 aromatic heterocycles. The van der Waals surface area contributed by atoms with Crippen molar-refractivity contribution in [1.82, 2.24) is 15.2 Å². The quantitative estimate of drug-likeness (QED) is 0.271. The molecule has 0 spiro atoms. The smallest absolute Gasteiger partial charge is 0.280 e. The Morgan fingerprint density at radius 2 is 1.81 bits per heavy atom. The van der Waals surface area contributed by atoms with Crippen molar-refractivity contribution in [2.24, 2.45) is 0 Å². The highest BCUT2D eigenvalue weighted by Gasteiger charge is 2.28. The molecule has 31 heavy (non-hydrogen) atoms. The van der Waals surface area contributed by atoms with E-state index in [4.69, 9.17) is 9.15 Å². The Morgan fingerprint density at radius 1 is 1.03 bits per heavy atom. The van der Waals surface area contributed by atoms with Crippen LogP contribution in [0.2, 0.25) is 0 Å². The zero-order valence-electron chi connectivity index (χ0n) is 16.2. The summed E-state index contributed by atoms with van der Waals surface area (Å²) in [5, 5.41) is 23.6. The number of thioether (sulfide) groups is 1. The molecule has 3 heterocycles. The van der Waals surface area contributed by atoms with E-state index in [-0.39, 0.29) is 5.69 Å². The Labute approximate surface area is 180 Å². The molecular weight excluding hydrogens is 418 g/mol. The molecule has 0 fully saturated rings. The average molecular weight is 433 g/mol. The molecule has 10 heteroatoms. The minimum Gasteiger partial charge on any atom is -0.455 e. The number of nitrogens with one attached hydrogen (secondary N) is 1. The lowest BCUT2D eigenvalue weighted by atomic mass is 10.1. The number of benzene rings is 2. The molecule has 5 rings (SSSR count). The fourth-order valence-electron chi connectivity index (χ4n) is 3.34. The van der Waals surface area contributed by atoms with Gasteiger partial charge in [-0.05, 0) is 30.5 Å². The van der Waals surface area contributed by atoms with Gasteiger partial charge in [-0.1, -0.05) is 42.1 Å². The minimum absolute atomic E-state index is 0.0320. The van der Waals surface area contributed by atoms with Crippen LogP contribution in [-0.2, 0) is 0 Å². The van der Waals surface area contributed by atoms with Gasteiger partial charge in [0.15, 0.2) is 11.5 Å². The summed E-state index contributed by atoms with van der Waals surface area (Å²) in [4.78, 5) is 15.4. The Morgan fingerprint density at radius 3 is 2.61 bits per heavy atom. The third kappa shape index (κ3) is 3.46. The van der Waals surface area contributed by atoms with Crippen molar-refractivity contribution < 1.29 is 14.1 Å². The van der Waals surface area contributed by atoms with Crippen molar-refractivity contribution in [3.63, 3.8) is 0 Å². The van der Waals surface area contributed by atoms with Gasteiger partial charge in [0.25, 0.3) is 5.69 Å². The lowest BCUT2D eigenvalue weighted by Gasteiger charge is -2.16. The number of rotatable bonds is 4. The third-order valence-electron chi connectivity index (χ3n) is 4.77. The first-order valence-electron chi connectivity index (χ1n) is 9.29. The molecule has 0 saturated heterocycles. The summed E-state index contributed by atoms with van der Waals surface area (Å²) in [6, 6.07) is 17.4. The van der Waals surface area contributed by atoms with Crippen LogP contribution in [0.4, 0.5) is 11.4 Å². The number of ether oxygens (including phenoxy) is 1. The van der Waals surface area contributed by atoms with E-state index in [9.17, 15) is 10.1 Å². The third-order valence-corrected chi connectivity index (χ3v) is 5.31.